The summed E-state index contributed by atoms with van der Waals surface area (Å²) >= 11 is 0. The van der Waals surface area contributed by atoms with E-state index in [-0.39, 0.29) is 12.5 Å². The molecule has 0 aliphatic heterocycles. The fraction of sp³-hybridized carbons (Fsp3) is 0.263. The van der Waals surface area contributed by atoms with E-state index in [2.05, 4.69) is 5.32 Å². The minimum absolute atomic E-state index is 0.146. The van der Waals surface area contributed by atoms with Crippen LogP contribution in [0, 0.1) is 6.92 Å². The van der Waals surface area contributed by atoms with Gasteiger partial charge in [-0.2, -0.15) is 0 Å². The van der Waals surface area contributed by atoms with Gasteiger partial charge in [-0.25, -0.2) is 4.79 Å². The van der Waals surface area contributed by atoms with E-state index < -0.39 is 5.97 Å². The summed E-state index contributed by atoms with van der Waals surface area (Å²) in [6.45, 7) is 1.45. The maximum atomic E-state index is 12.4. The molecule has 0 unspecified atom stereocenters. The molecule has 5 nitrogen and oxygen atoms in total. The molecule has 2 aromatic rings. The van der Waals surface area contributed by atoms with Crippen molar-refractivity contribution in [2.75, 3.05) is 11.9 Å². The van der Waals surface area contributed by atoms with Crippen LogP contribution in [0.5, 0.6) is 5.75 Å². The number of hydrogen-bond acceptors (Lipinski definition) is 3. The molecule has 0 fully saturated rings. The first kappa shape index (κ1) is 16.1. The van der Waals surface area contributed by atoms with Gasteiger partial charge in [0, 0.05) is 11.3 Å². The van der Waals surface area contributed by atoms with Crippen LogP contribution in [0.25, 0.3) is 0 Å². The summed E-state index contributed by atoms with van der Waals surface area (Å²) in [7, 11) is 0. The number of rotatable bonds is 5. The number of aliphatic carboxylic acids is 1. The molecule has 3 rings (SSSR count). The van der Waals surface area contributed by atoms with Crippen LogP contribution in [0.4, 0.5) is 5.69 Å². The van der Waals surface area contributed by atoms with E-state index in [1.165, 1.54) is 11.1 Å². The van der Waals surface area contributed by atoms with Crippen LogP contribution in [0.15, 0.2) is 36.4 Å². The van der Waals surface area contributed by atoms with Crippen LogP contribution in [-0.2, 0) is 17.6 Å². The summed E-state index contributed by atoms with van der Waals surface area (Å²) in [5.41, 5.74) is 4.75. The van der Waals surface area contributed by atoms with Gasteiger partial charge in [-0.05, 0) is 73.2 Å². The molecule has 124 valence electrons. The van der Waals surface area contributed by atoms with Gasteiger partial charge in [-0.15, -0.1) is 0 Å². The summed E-state index contributed by atoms with van der Waals surface area (Å²) < 4.78 is 5.13. The van der Waals surface area contributed by atoms with Gasteiger partial charge in [0.1, 0.15) is 5.75 Å². The van der Waals surface area contributed by atoms with Gasteiger partial charge in [0.2, 0.25) is 0 Å². The number of benzene rings is 2. The zero-order chi connectivity index (χ0) is 17.1. The summed E-state index contributed by atoms with van der Waals surface area (Å²) in [5.74, 6) is -0.709. The zero-order valence-electron chi connectivity index (χ0n) is 13.5. The van der Waals surface area contributed by atoms with Crippen LogP contribution in [-0.4, -0.2) is 23.6 Å². The topological polar surface area (TPSA) is 75.6 Å². The molecule has 0 heterocycles. The monoisotopic (exact) mass is 325 g/mol. The number of ether oxygens (including phenoxy) is 1. The first-order valence-corrected chi connectivity index (χ1v) is 7.91. The maximum absolute atomic E-state index is 12.4. The Morgan fingerprint density at radius 3 is 2.67 bits per heavy atom. The molecular formula is C19H19NO4. The molecule has 0 bridgehead atoms. The highest BCUT2D eigenvalue weighted by Gasteiger charge is 2.14. The van der Waals surface area contributed by atoms with E-state index in [9.17, 15) is 9.59 Å². The van der Waals surface area contributed by atoms with Gasteiger partial charge in [0.05, 0.1) is 0 Å². The van der Waals surface area contributed by atoms with Crippen molar-refractivity contribution >= 4 is 17.6 Å². The number of carboxylic acid groups (broad SMARTS) is 1. The van der Waals surface area contributed by atoms with Crippen LogP contribution in [0.2, 0.25) is 0 Å². The molecule has 0 spiro atoms. The standard InChI is InChI=1S/C19H19NO4/c1-12-9-16(24-11-18(21)22)7-8-17(12)20-19(23)15-6-5-13-3-2-4-14(13)10-15/h5-10H,2-4,11H2,1H3,(H,20,23)(H,21,22). The highest BCUT2D eigenvalue weighted by molar-refractivity contribution is 6.04. The van der Waals surface area contributed by atoms with Gasteiger partial charge in [-0.3, -0.25) is 4.79 Å². The van der Waals surface area contributed by atoms with Crippen molar-refractivity contribution in [3.05, 3.63) is 58.7 Å². The smallest absolute Gasteiger partial charge is 0.341 e. The Hall–Kier alpha value is -2.82. The van der Waals surface area contributed by atoms with E-state index in [0.29, 0.717) is 17.0 Å². The average molecular weight is 325 g/mol. The lowest BCUT2D eigenvalue weighted by Gasteiger charge is -2.11. The molecule has 0 aromatic heterocycles. The third-order valence-corrected chi connectivity index (χ3v) is 4.17. The third-order valence-electron chi connectivity index (χ3n) is 4.17. The Bertz CT molecular complexity index is 798. The summed E-state index contributed by atoms with van der Waals surface area (Å²) in [4.78, 5) is 23.0. The summed E-state index contributed by atoms with van der Waals surface area (Å²) in [6, 6.07) is 10.9. The largest absolute Gasteiger partial charge is 0.482 e. The minimum Gasteiger partial charge on any atom is -0.482 e. The van der Waals surface area contributed by atoms with E-state index in [0.717, 1.165) is 24.8 Å². The predicted molar refractivity (Wildman–Crippen MR) is 90.7 cm³/mol. The van der Waals surface area contributed by atoms with Gasteiger partial charge >= 0.3 is 5.97 Å². The Morgan fingerprint density at radius 1 is 1.12 bits per heavy atom. The Labute approximate surface area is 140 Å². The number of aryl methyl sites for hydroxylation is 3. The van der Waals surface area contributed by atoms with Crippen molar-refractivity contribution in [1.29, 1.82) is 0 Å². The van der Waals surface area contributed by atoms with E-state index in [4.69, 9.17) is 9.84 Å². The van der Waals surface area contributed by atoms with Gasteiger partial charge in [0.15, 0.2) is 6.61 Å². The zero-order valence-corrected chi connectivity index (χ0v) is 13.5. The molecule has 2 N–H and O–H groups in total. The van der Waals surface area contributed by atoms with E-state index >= 15 is 0 Å². The number of nitrogens with one attached hydrogen (secondary N) is 1. The molecule has 1 aliphatic rings. The van der Waals surface area contributed by atoms with Crippen molar-refractivity contribution in [2.45, 2.75) is 26.2 Å². The Kier molecular flexibility index (Phi) is 4.51. The quantitative estimate of drug-likeness (QED) is 0.885. The molecule has 1 aliphatic carbocycles. The fourth-order valence-corrected chi connectivity index (χ4v) is 2.92. The molecule has 24 heavy (non-hydrogen) atoms. The number of amides is 1. The number of hydrogen-bond donors (Lipinski definition) is 2. The van der Waals surface area contributed by atoms with Crippen LogP contribution in [0.1, 0.15) is 33.5 Å². The lowest BCUT2D eigenvalue weighted by atomic mass is 10.1. The fourth-order valence-electron chi connectivity index (χ4n) is 2.92. The molecule has 0 atom stereocenters. The number of fused-ring (bicyclic) bond motifs is 1. The van der Waals surface area contributed by atoms with E-state index in [1.807, 2.05) is 25.1 Å². The van der Waals surface area contributed by atoms with Crippen molar-refractivity contribution in [2.24, 2.45) is 0 Å². The van der Waals surface area contributed by atoms with E-state index in [1.54, 1.807) is 18.2 Å². The number of carbonyl (C=O) groups is 2. The van der Waals surface area contributed by atoms with Crippen molar-refractivity contribution in [3.8, 4) is 5.75 Å². The van der Waals surface area contributed by atoms with Crippen molar-refractivity contribution < 1.29 is 19.4 Å². The van der Waals surface area contributed by atoms with Crippen LogP contribution < -0.4 is 10.1 Å². The molecule has 0 saturated heterocycles. The number of carboxylic acids is 1. The van der Waals surface area contributed by atoms with Crippen molar-refractivity contribution in [1.82, 2.24) is 0 Å². The average Bonchev–Trinajstić information content (AvgIpc) is 3.02. The lowest BCUT2D eigenvalue weighted by molar-refractivity contribution is -0.139. The summed E-state index contributed by atoms with van der Waals surface area (Å²) in [5, 5.41) is 11.5. The Morgan fingerprint density at radius 2 is 1.92 bits per heavy atom. The lowest BCUT2D eigenvalue weighted by Crippen LogP contribution is -2.13. The first-order chi connectivity index (χ1) is 11.5. The minimum atomic E-state index is -1.03. The number of anilines is 1. The predicted octanol–water partition coefficient (Wildman–Crippen LogP) is 3.20. The highest BCUT2D eigenvalue weighted by Crippen LogP contribution is 2.25. The molecule has 2 aromatic carbocycles. The van der Waals surface area contributed by atoms with Crippen molar-refractivity contribution in [3.63, 3.8) is 0 Å². The third kappa shape index (κ3) is 3.56. The second-order valence-corrected chi connectivity index (χ2v) is 5.95. The second kappa shape index (κ2) is 6.74. The molecular weight excluding hydrogens is 306 g/mol. The maximum Gasteiger partial charge on any atom is 0.341 e. The highest BCUT2D eigenvalue weighted by atomic mass is 16.5. The SMILES string of the molecule is Cc1cc(OCC(=O)O)ccc1NC(=O)c1ccc2c(c1)CCC2. The van der Waals surface area contributed by atoms with Gasteiger partial charge < -0.3 is 15.2 Å². The van der Waals surface area contributed by atoms with Crippen LogP contribution in [0.3, 0.4) is 0 Å². The normalized spacial score (nSPS) is 12.5. The first-order valence-electron chi connectivity index (χ1n) is 7.91. The van der Waals surface area contributed by atoms with Crippen LogP contribution >= 0.6 is 0 Å². The van der Waals surface area contributed by atoms with Gasteiger partial charge in [-0.1, -0.05) is 6.07 Å². The summed E-state index contributed by atoms with van der Waals surface area (Å²) in [6.07, 6.45) is 3.27. The van der Waals surface area contributed by atoms with Gasteiger partial charge in [0.25, 0.3) is 5.91 Å². The second-order valence-electron chi connectivity index (χ2n) is 5.95. The molecule has 5 heteroatoms. The molecule has 0 radical (unpaired) electrons. The molecule has 1 amide bonds. The number of carbonyl (C=O) groups excluding carboxylic acids is 1. The Balaban J connectivity index is 1.71. The molecule has 0 saturated carbocycles.